The first-order valence-electron chi connectivity index (χ1n) is 12.5. The lowest BCUT2D eigenvalue weighted by Gasteiger charge is -2.47. The summed E-state index contributed by atoms with van der Waals surface area (Å²) in [5.74, 6) is 0.641. The summed E-state index contributed by atoms with van der Waals surface area (Å²) >= 11 is 0. The molecule has 3 rings (SSSR count). The molecule has 0 N–H and O–H groups in total. The van der Waals surface area contributed by atoms with E-state index < -0.39 is 5.60 Å². The molecule has 2 heterocycles. The third kappa shape index (κ3) is 6.17. The van der Waals surface area contributed by atoms with Crippen LogP contribution in [0.1, 0.15) is 85.5 Å². The number of carbonyl (C=O) groups is 2. The van der Waals surface area contributed by atoms with Crippen LogP contribution in [0.25, 0.3) is 0 Å². The summed E-state index contributed by atoms with van der Waals surface area (Å²) in [4.78, 5) is 32.3. The maximum atomic E-state index is 13.7. The molecule has 0 atom stereocenters. The van der Waals surface area contributed by atoms with Gasteiger partial charge >= 0.3 is 12.1 Å². The lowest BCUT2D eigenvalue weighted by atomic mass is 9.85. The summed E-state index contributed by atoms with van der Waals surface area (Å²) in [5.41, 5.74) is -0.775. The number of carbonyl (C=O) groups excluding carboxylic acids is 2. The van der Waals surface area contributed by atoms with Gasteiger partial charge in [-0.15, -0.1) is 0 Å². The van der Waals surface area contributed by atoms with Crippen LogP contribution in [0.15, 0.2) is 12.2 Å². The summed E-state index contributed by atoms with van der Waals surface area (Å²) in [6.45, 7) is 11.5. The van der Waals surface area contributed by atoms with Gasteiger partial charge in [-0.05, 0) is 58.8 Å². The second-order valence-electron chi connectivity index (χ2n) is 10.7. The van der Waals surface area contributed by atoms with Gasteiger partial charge in [0.25, 0.3) is 0 Å². The van der Waals surface area contributed by atoms with Crippen molar-refractivity contribution in [2.24, 2.45) is 5.92 Å². The molecule has 0 unspecified atom stereocenters. The highest BCUT2D eigenvalue weighted by atomic mass is 16.6. The van der Waals surface area contributed by atoms with Gasteiger partial charge in [-0.3, -0.25) is 0 Å². The minimum Gasteiger partial charge on any atom is -0.444 e. The molecule has 6 heteroatoms. The zero-order valence-corrected chi connectivity index (χ0v) is 20.2. The van der Waals surface area contributed by atoms with Gasteiger partial charge in [-0.25, -0.2) is 9.59 Å². The first-order chi connectivity index (χ1) is 14.7. The van der Waals surface area contributed by atoms with E-state index in [2.05, 4.69) is 28.9 Å². The van der Waals surface area contributed by atoms with E-state index in [4.69, 9.17) is 4.74 Å². The van der Waals surface area contributed by atoms with Crippen LogP contribution in [0.3, 0.4) is 0 Å². The predicted molar refractivity (Wildman–Crippen MR) is 124 cm³/mol. The van der Waals surface area contributed by atoms with Crippen LogP contribution in [-0.4, -0.2) is 70.7 Å². The smallest absolute Gasteiger partial charge is 0.410 e. The topological polar surface area (TPSA) is 53.1 Å². The molecule has 0 aromatic heterocycles. The Morgan fingerprint density at radius 2 is 1.84 bits per heavy atom. The number of hydrogen-bond acceptors (Lipinski definition) is 3. The van der Waals surface area contributed by atoms with Crippen molar-refractivity contribution in [3.05, 3.63) is 12.2 Å². The number of unbranched alkanes of at least 4 members (excludes halogenated alkanes) is 1. The quantitative estimate of drug-likeness (QED) is 0.543. The van der Waals surface area contributed by atoms with Crippen LogP contribution in [-0.2, 0) is 4.74 Å². The molecule has 176 valence electrons. The zero-order chi connectivity index (χ0) is 22.5. The van der Waals surface area contributed by atoms with E-state index in [1.807, 2.05) is 20.8 Å². The van der Waals surface area contributed by atoms with Crippen molar-refractivity contribution in [2.75, 3.05) is 32.7 Å². The fourth-order valence-corrected chi connectivity index (χ4v) is 5.24. The summed E-state index contributed by atoms with van der Waals surface area (Å²) in [5, 5.41) is 0. The van der Waals surface area contributed by atoms with Crippen molar-refractivity contribution < 1.29 is 14.3 Å². The van der Waals surface area contributed by atoms with E-state index in [-0.39, 0.29) is 17.7 Å². The van der Waals surface area contributed by atoms with Crippen molar-refractivity contribution >= 4 is 12.1 Å². The monoisotopic (exact) mass is 433 g/mol. The van der Waals surface area contributed by atoms with Crippen LogP contribution in [0.4, 0.5) is 9.59 Å². The lowest BCUT2D eigenvalue weighted by molar-refractivity contribution is 0.00833. The number of piperidine rings is 1. The third-order valence-corrected chi connectivity index (χ3v) is 7.01. The van der Waals surface area contributed by atoms with Gasteiger partial charge in [0, 0.05) is 32.7 Å². The normalized spacial score (nSPS) is 22.7. The number of ether oxygens (including phenoxy) is 1. The fraction of sp³-hybridized carbons (Fsp3) is 0.840. The summed E-state index contributed by atoms with van der Waals surface area (Å²) in [6, 6.07) is 0.190. The van der Waals surface area contributed by atoms with Gasteiger partial charge < -0.3 is 19.4 Å². The van der Waals surface area contributed by atoms with Gasteiger partial charge in [0.2, 0.25) is 0 Å². The Hall–Kier alpha value is -1.72. The summed E-state index contributed by atoms with van der Waals surface area (Å²) in [6.07, 6.45) is 14.3. The lowest BCUT2D eigenvalue weighted by Crippen LogP contribution is -2.59. The van der Waals surface area contributed by atoms with E-state index in [1.54, 1.807) is 4.90 Å². The maximum absolute atomic E-state index is 13.7. The largest absolute Gasteiger partial charge is 0.444 e. The highest BCUT2D eigenvalue weighted by Crippen LogP contribution is 2.35. The number of hydrogen-bond donors (Lipinski definition) is 0. The average Bonchev–Trinajstić information content (AvgIpc) is 2.84. The molecule has 1 aliphatic carbocycles. The standard InChI is InChI=1S/C25H43N3O3/c1-5-6-17-28-22(29)27(20-21-11-8-7-9-12-21)16-10-13-25(28)14-18-26(19-15-25)23(30)31-24(2,3)4/h10,13,21H,5-9,11-12,14-20H2,1-4H3. The van der Waals surface area contributed by atoms with Gasteiger partial charge in [-0.2, -0.15) is 0 Å². The molecule has 1 saturated heterocycles. The molecular formula is C25H43N3O3. The molecule has 0 aromatic rings. The Morgan fingerprint density at radius 3 is 2.45 bits per heavy atom. The number of rotatable bonds is 5. The van der Waals surface area contributed by atoms with E-state index in [0.29, 0.717) is 25.6 Å². The Morgan fingerprint density at radius 1 is 1.16 bits per heavy atom. The van der Waals surface area contributed by atoms with Crippen molar-refractivity contribution in [3.63, 3.8) is 0 Å². The van der Waals surface area contributed by atoms with Crippen LogP contribution >= 0.6 is 0 Å². The molecule has 31 heavy (non-hydrogen) atoms. The van der Waals surface area contributed by atoms with Crippen molar-refractivity contribution in [1.29, 1.82) is 0 Å². The molecule has 1 saturated carbocycles. The molecule has 2 fully saturated rings. The molecule has 2 aliphatic heterocycles. The Labute approximate surface area is 189 Å². The van der Waals surface area contributed by atoms with Gasteiger partial charge in [0.15, 0.2) is 0 Å². The van der Waals surface area contributed by atoms with Crippen molar-refractivity contribution in [3.8, 4) is 0 Å². The number of nitrogens with zero attached hydrogens (tertiary/aromatic N) is 3. The molecule has 0 aromatic carbocycles. The highest BCUT2D eigenvalue weighted by Gasteiger charge is 2.44. The van der Waals surface area contributed by atoms with Gasteiger partial charge in [-0.1, -0.05) is 44.8 Å². The number of urea groups is 1. The van der Waals surface area contributed by atoms with E-state index in [9.17, 15) is 9.59 Å². The summed E-state index contributed by atoms with van der Waals surface area (Å²) in [7, 11) is 0. The summed E-state index contributed by atoms with van der Waals surface area (Å²) < 4.78 is 5.57. The molecule has 6 nitrogen and oxygen atoms in total. The minimum absolute atomic E-state index is 0.190. The maximum Gasteiger partial charge on any atom is 0.410 e. The van der Waals surface area contributed by atoms with Crippen LogP contribution in [0.5, 0.6) is 0 Å². The Balaban J connectivity index is 1.70. The van der Waals surface area contributed by atoms with E-state index >= 15 is 0 Å². The Bertz CT molecular complexity index is 641. The van der Waals surface area contributed by atoms with Gasteiger partial charge in [0.1, 0.15) is 5.60 Å². The SMILES string of the molecule is CCCCN1C(=O)N(CC2CCCCC2)CC=CC12CCN(C(=O)OC(C)(C)C)CC2. The van der Waals surface area contributed by atoms with Crippen LogP contribution in [0.2, 0.25) is 0 Å². The zero-order valence-electron chi connectivity index (χ0n) is 20.2. The molecule has 3 amide bonds. The average molecular weight is 434 g/mol. The molecule has 0 radical (unpaired) electrons. The Kier molecular flexibility index (Phi) is 7.92. The number of amides is 3. The third-order valence-electron chi connectivity index (χ3n) is 7.01. The molecule has 1 spiro atoms. The number of likely N-dealkylation sites (tertiary alicyclic amines) is 1. The van der Waals surface area contributed by atoms with Crippen LogP contribution in [0, 0.1) is 5.92 Å². The predicted octanol–water partition coefficient (Wildman–Crippen LogP) is 5.43. The van der Waals surface area contributed by atoms with Crippen LogP contribution < -0.4 is 0 Å². The van der Waals surface area contributed by atoms with Gasteiger partial charge in [0.05, 0.1) is 5.54 Å². The second-order valence-corrected chi connectivity index (χ2v) is 10.7. The highest BCUT2D eigenvalue weighted by molar-refractivity contribution is 5.77. The molecular weight excluding hydrogens is 390 g/mol. The van der Waals surface area contributed by atoms with Crippen molar-refractivity contribution in [1.82, 2.24) is 14.7 Å². The first kappa shape index (κ1) is 23.9. The van der Waals surface area contributed by atoms with Crippen molar-refractivity contribution in [2.45, 2.75) is 96.6 Å². The molecule has 0 bridgehead atoms. The second kappa shape index (κ2) is 10.3. The first-order valence-corrected chi connectivity index (χ1v) is 12.5. The fourth-order valence-electron chi connectivity index (χ4n) is 5.24. The van der Waals surface area contributed by atoms with E-state index in [0.717, 1.165) is 38.8 Å². The molecule has 3 aliphatic rings. The van der Waals surface area contributed by atoms with E-state index in [1.165, 1.54) is 32.1 Å². The minimum atomic E-state index is -0.489.